The van der Waals surface area contributed by atoms with Crippen LogP contribution in [-0.2, 0) is 22.4 Å². The third kappa shape index (κ3) is 7.13. The van der Waals surface area contributed by atoms with Crippen molar-refractivity contribution >= 4 is 34.5 Å². The largest absolute Gasteiger partial charge is 0.480 e. The van der Waals surface area contributed by atoms with Crippen LogP contribution in [0.5, 0.6) is 0 Å². The molecule has 0 fully saturated rings. The van der Waals surface area contributed by atoms with Crippen LogP contribution in [0.1, 0.15) is 36.9 Å². The molecule has 3 aromatic heterocycles. The maximum atomic E-state index is 12.4. The number of carbonyl (C=O) groups is 2. The van der Waals surface area contributed by atoms with Gasteiger partial charge in [0.15, 0.2) is 5.65 Å². The molecule has 1 amide bonds. The summed E-state index contributed by atoms with van der Waals surface area (Å²) in [6.45, 7) is 2.34. The van der Waals surface area contributed by atoms with Crippen LogP contribution in [0, 0.1) is 0 Å². The van der Waals surface area contributed by atoms with E-state index in [4.69, 9.17) is 4.98 Å². The second-order valence-electron chi connectivity index (χ2n) is 9.54. The molecule has 0 saturated heterocycles. The van der Waals surface area contributed by atoms with Gasteiger partial charge in [0, 0.05) is 32.9 Å². The highest BCUT2D eigenvalue weighted by atomic mass is 16.4. The molecule has 0 spiro atoms. The van der Waals surface area contributed by atoms with E-state index in [0.717, 1.165) is 50.2 Å². The van der Waals surface area contributed by atoms with Crippen molar-refractivity contribution in [1.82, 2.24) is 34.9 Å². The van der Waals surface area contributed by atoms with Crippen molar-refractivity contribution in [2.45, 2.75) is 44.6 Å². The molecule has 1 aliphatic rings. The second kappa shape index (κ2) is 12.4. The molecule has 4 rings (SSSR count). The van der Waals surface area contributed by atoms with Gasteiger partial charge in [0.1, 0.15) is 24.0 Å². The van der Waals surface area contributed by atoms with E-state index in [2.05, 4.69) is 42.9 Å². The molecule has 0 aromatic carbocycles. The van der Waals surface area contributed by atoms with Crippen molar-refractivity contribution in [1.29, 1.82) is 0 Å². The maximum absolute atomic E-state index is 12.4. The molecule has 0 radical (unpaired) electrons. The monoisotopic (exact) mass is 509 g/mol. The highest BCUT2D eigenvalue weighted by molar-refractivity contribution is 5.88. The molecule has 0 bridgehead atoms. The number of aromatic amines is 1. The molecule has 1 atom stereocenters. The number of likely N-dealkylation sites (N-methyl/N-ethyl adjacent to an activating group) is 1. The van der Waals surface area contributed by atoms with Crippen LogP contribution in [0.2, 0.25) is 0 Å². The molecule has 3 aromatic rings. The number of fused-ring (bicyclic) bond motifs is 2. The van der Waals surface area contributed by atoms with Gasteiger partial charge in [-0.2, -0.15) is 5.10 Å². The zero-order valence-electron chi connectivity index (χ0n) is 21.4. The van der Waals surface area contributed by atoms with Crippen LogP contribution < -0.4 is 10.6 Å². The van der Waals surface area contributed by atoms with Gasteiger partial charge in [-0.15, -0.1) is 0 Å². The lowest BCUT2D eigenvalue weighted by atomic mass is 10.1. The number of nitrogens with one attached hydrogen (secondary N) is 3. The lowest BCUT2D eigenvalue weighted by Crippen LogP contribution is -2.40. The number of pyridine rings is 1. The number of hydrogen-bond donors (Lipinski definition) is 4. The Bertz CT molecular complexity index is 1210. The minimum Gasteiger partial charge on any atom is -0.480 e. The average molecular weight is 510 g/mol. The molecule has 0 saturated carbocycles. The van der Waals surface area contributed by atoms with Gasteiger partial charge >= 0.3 is 5.97 Å². The molecule has 12 heteroatoms. The Balaban J connectivity index is 1.32. The SMILES string of the molecule is CN(C)C(=O)CN(CCCCc1ccc2c(n1)NCCC2)CC[C@H](Nc1ncnc2[nH]ncc12)C(=O)O. The first-order chi connectivity index (χ1) is 17.9. The Morgan fingerprint density at radius 1 is 1.19 bits per heavy atom. The van der Waals surface area contributed by atoms with Crippen LogP contribution in [0.3, 0.4) is 0 Å². The number of anilines is 2. The summed E-state index contributed by atoms with van der Waals surface area (Å²) in [7, 11) is 3.45. The van der Waals surface area contributed by atoms with E-state index in [1.165, 1.54) is 11.9 Å². The number of carbonyl (C=O) groups excluding carboxylic acids is 1. The van der Waals surface area contributed by atoms with Crippen LogP contribution in [0.4, 0.5) is 11.6 Å². The summed E-state index contributed by atoms with van der Waals surface area (Å²) in [6.07, 6.45) is 8.10. The number of carboxylic acids is 1. The van der Waals surface area contributed by atoms with E-state index in [0.29, 0.717) is 36.4 Å². The van der Waals surface area contributed by atoms with Crippen molar-refractivity contribution in [3.63, 3.8) is 0 Å². The number of nitrogens with zero attached hydrogens (tertiary/aromatic N) is 6. The zero-order valence-corrected chi connectivity index (χ0v) is 21.4. The summed E-state index contributed by atoms with van der Waals surface area (Å²) in [5.74, 6) is 0.416. The van der Waals surface area contributed by atoms with Crippen LogP contribution in [0.15, 0.2) is 24.7 Å². The average Bonchev–Trinajstić information content (AvgIpc) is 3.38. The number of hydrogen-bond acceptors (Lipinski definition) is 9. The van der Waals surface area contributed by atoms with Gasteiger partial charge in [-0.25, -0.2) is 19.7 Å². The van der Waals surface area contributed by atoms with Crippen molar-refractivity contribution in [2.24, 2.45) is 0 Å². The quantitative estimate of drug-likeness (QED) is 0.251. The molecule has 198 valence electrons. The molecule has 37 heavy (non-hydrogen) atoms. The molecule has 1 aliphatic heterocycles. The number of H-pyrrole nitrogens is 1. The van der Waals surface area contributed by atoms with E-state index in [-0.39, 0.29) is 12.5 Å². The summed E-state index contributed by atoms with van der Waals surface area (Å²) in [4.78, 5) is 41.1. The summed E-state index contributed by atoms with van der Waals surface area (Å²) >= 11 is 0. The van der Waals surface area contributed by atoms with Crippen LogP contribution in [0.25, 0.3) is 11.0 Å². The lowest BCUT2D eigenvalue weighted by Gasteiger charge is -2.25. The molecule has 0 aliphatic carbocycles. The van der Waals surface area contributed by atoms with Crippen LogP contribution >= 0.6 is 0 Å². The van der Waals surface area contributed by atoms with Gasteiger partial charge < -0.3 is 20.6 Å². The Hall–Kier alpha value is -3.80. The number of amides is 1. The van der Waals surface area contributed by atoms with E-state index in [9.17, 15) is 14.7 Å². The number of aromatic nitrogens is 5. The highest BCUT2D eigenvalue weighted by Gasteiger charge is 2.22. The Morgan fingerprint density at radius 3 is 2.86 bits per heavy atom. The van der Waals surface area contributed by atoms with E-state index < -0.39 is 12.0 Å². The van der Waals surface area contributed by atoms with Gasteiger partial charge in [0.25, 0.3) is 0 Å². The fraction of sp³-hybridized carbons (Fsp3) is 0.520. The molecular weight excluding hydrogens is 474 g/mol. The van der Waals surface area contributed by atoms with Crippen molar-refractivity contribution < 1.29 is 14.7 Å². The van der Waals surface area contributed by atoms with Crippen LogP contribution in [-0.4, -0.2) is 98.2 Å². The first-order valence-corrected chi connectivity index (χ1v) is 12.7. The Labute approximate surface area is 215 Å². The lowest BCUT2D eigenvalue weighted by molar-refractivity contribution is -0.138. The van der Waals surface area contributed by atoms with Crippen molar-refractivity contribution in [3.8, 4) is 0 Å². The van der Waals surface area contributed by atoms with Crippen molar-refractivity contribution in [2.75, 3.05) is 50.9 Å². The first-order valence-electron chi connectivity index (χ1n) is 12.7. The number of aryl methyl sites for hydroxylation is 2. The molecule has 12 nitrogen and oxygen atoms in total. The third-order valence-electron chi connectivity index (χ3n) is 6.56. The van der Waals surface area contributed by atoms with E-state index >= 15 is 0 Å². The van der Waals surface area contributed by atoms with Gasteiger partial charge in [-0.3, -0.25) is 14.8 Å². The summed E-state index contributed by atoms with van der Waals surface area (Å²) < 4.78 is 0. The summed E-state index contributed by atoms with van der Waals surface area (Å²) in [5, 5.41) is 23.5. The Morgan fingerprint density at radius 2 is 2.05 bits per heavy atom. The number of aliphatic carboxylic acids is 1. The minimum atomic E-state index is -0.985. The standard InChI is InChI=1S/C25H35N9O3/c1-33(2)21(35)15-34(12-4-3-7-18-9-8-17-6-5-11-26-22(17)30-18)13-10-20(25(36)37)31-23-19-14-29-32-24(19)28-16-27-23/h8-9,14,16,20H,3-7,10-13,15H2,1-2H3,(H,26,30)(H,36,37)(H2,27,28,29,31,32)/t20-/m0/s1. The molecule has 0 unspecified atom stereocenters. The predicted molar refractivity (Wildman–Crippen MR) is 140 cm³/mol. The van der Waals surface area contributed by atoms with Gasteiger partial charge in [-0.1, -0.05) is 6.07 Å². The predicted octanol–water partition coefficient (Wildman–Crippen LogP) is 1.77. The second-order valence-corrected chi connectivity index (χ2v) is 9.54. The number of unbranched alkanes of at least 4 members (excludes halogenated alkanes) is 1. The van der Waals surface area contributed by atoms with E-state index in [1.54, 1.807) is 25.2 Å². The Kier molecular flexibility index (Phi) is 8.83. The fourth-order valence-electron chi connectivity index (χ4n) is 4.37. The van der Waals surface area contributed by atoms with E-state index in [1.807, 2.05) is 4.90 Å². The van der Waals surface area contributed by atoms with Gasteiger partial charge in [0.05, 0.1) is 18.1 Å². The van der Waals surface area contributed by atoms with Gasteiger partial charge in [-0.05, 0) is 56.7 Å². The zero-order chi connectivity index (χ0) is 26.2. The molecule has 4 heterocycles. The summed E-state index contributed by atoms with van der Waals surface area (Å²) in [6, 6.07) is 3.39. The number of rotatable bonds is 13. The fourth-order valence-corrected chi connectivity index (χ4v) is 4.37. The summed E-state index contributed by atoms with van der Waals surface area (Å²) in [5.41, 5.74) is 2.87. The third-order valence-corrected chi connectivity index (χ3v) is 6.56. The van der Waals surface area contributed by atoms with Crippen molar-refractivity contribution in [3.05, 3.63) is 35.9 Å². The topological polar surface area (TPSA) is 152 Å². The highest BCUT2D eigenvalue weighted by Crippen LogP contribution is 2.21. The molecule has 4 N–H and O–H groups in total. The minimum absolute atomic E-state index is 0.0156. The first kappa shape index (κ1) is 26.3. The van der Waals surface area contributed by atoms with Gasteiger partial charge in [0.2, 0.25) is 5.91 Å². The number of carboxylic acid groups (broad SMARTS) is 1. The smallest absolute Gasteiger partial charge is 0.326 e. The molecular formula is C25H35N9O3. The normalized spacial score (nSPS) is 13.7. The maximum Gasteiger partial charge on any atom is 0.326 e.